The largest absolute Gasteiger partial charge is 0.471 e. The molecule has 2 aromatic heterocycles. The number of pyridine rings is 1. The Morgan fingerprint density at radius 3 is 2.46 bits per heavy atom. The number of anilines is 2. The topological polar surface area (TPSA) is 141 Å². The molecule has 3 aromatic rings. The van der Waals surface area contributed by atoms with Crippen LogP contribution < -0.4 is 26.5 Å². The molecule has 37 heavy (non-hydrogen) atoms. The number of likely N-dealkylation sites (N-methyl/N-ethyl adjacent to an activating group) is 1. The summed E-state index contributed by atoms with van der Waals surface area (Å²) in [5.74, 6) is 1.09. The number of ether oxygens (including phenoxy) is 2. The molecule has 0 saturated carbocycles. The van der Waals surface area contributed by atoms with Crippen LogP contribution in [0.1, 0.15) is 29.8 Å². The first-order chi connectivity index (χ1) is 17.6. The summed E-state index contributed by atoms with van der Waals surface area (Å²) in [7, 11) is 3.81. The first-order valence-corrected chi connectivity index (χ1v) is 12.4. The van der Waals surface area contributed by atoms with Crippen LogP contribution in [-0.2, 0) is 4.74 Å². The van der Waals surface area contributed by atoms with Gasteiger partial charge in [0.2, 0.25) is 11.7 Å². The Morgan fingerprint density at radius 2 is 1.84 bits per heavy atom. The summed E-state index contributed by atoms with van der Waals surface area (Å²) in [5, 5.41) is 7.08. The molecule has 0 amide bonds. The minimum absolute atomic E-state index is 0.0478. The Kier molecular flexibility index (Phi) is 8.15. The number of methoxy groups -OCH3 is 1. The Balaban J connectivity index is 1.45. The molecule has 1 aliphatic heterocycles. The van der Waals surface area contributed by atoms with E-state index in [1.165, 1.54) is 12.4 Å². The van der Waals surface area contributed by atoms with Gasteiger partial charge in [0.05, 0.1) is 33.3 Å². The van der Waals surface area contributed by atoms with Crippen molar-refractivity contribution < 1.29 is 14.9 Å². The summed E-state index contributed by atoms with van der Waals surface area (Å²) in [5.41, 5.74) is 15.0. The van der Waals surface area contributed by atoms with E-state index in [0.717, 1.165) is 19.6 Å². The molecule has 1 aromatic carbocycles. The smallest absolute Gasteiger partial charge is 0.225 e. The van der Waals surface area contributed by atoms with Crippen molar-refractivity contribution in [3.8, 4) is 5.75 Å². The number of hydrogen-bond acceptors (Lipinski definition) is 9. The maximum atomic E-state index is 6.47. The van der Waals surface area contributed by atoms with Crippen LogP contribution in [0.5, 0.6) is 5.75 Å². The van der Waals surface area contributed by atoms with E-state index < -0.39 is 6.23 Å². The Bertz CT molecular complexity index is 1250. The first-order valence-electron chi connectivity index (χ1n) is 11.6. The van der Waals surface area contributed by atoms with E-state index >= 15 is 0 Å². The molecule has 1 aliphatic rings. The van der Waals surface area contributed by atoms with Gasteiger partial charge < -0.3 is 20.1 Å². The highest BCUT2D eigenvalue weighted by Gasteiger charge is 2.43. The molecule has 0 radical (unpaired) electrons. The van der Waals surface area contributed by atoms with Crippen molar-refractivity contribution in [3.05, 3.63) is 69.7 Å². The zero-order valence-corrected chi connectivity index (χ0v) is 22.5. The highest BCUT2D eigenvalue weighted by atomic mass is 35.5. The van der Waals surface area contributed by atoms with Crippen LogP contribution in [0.4, 0.5) is 11.6 Å². The van der Waals surface area contributed by atoms with Crippen LogP contribution in [0, 0.1) is 0 Å². The van der Waals surface area contributed by atoms with Crippen LogP contribution in [-0.4, -0.2) is 71.5 Å². The molecule has 0 spiro atoms. The third kappa shape index (κ3) is 5.78. The fraction of sp³-hybridized carbons (Fsp3) is 0.360. The summed E-state index contributed by atoms with van der Waals surface area (Å²) in [6.45, 7) is 5.43. The van der Waals surface area contributed by atoms with Crippen molar-refractivity contribution in [2.75, 3.05) is 51.0 Å². The highest BCUT2D eigenvalue weighted by Crippen LogP contribution is 2.32. The summed E-state index contributed by atoms with van der Waals surface area (Å²) >= 11 is 12.4. The maximum Gasteiger partial charge on any atom is 0.225 e. The predicted octanol–water partition coefficient (Wildman–Crippen LogP) is 1.55. The Morgan fingerprint density at radius 1 is 1.19 bits per heavy atom. The minimum Gasteiger partial charge on any atom is -0.471 e. The summed E-state index contributed by atoms with van der Waals surface area (Å²) < 4.78 is 11.1. The minimum atomic E-state index is -0.918. The number of hydrogen-bond donors (Lipinski definition) is 3. The van der Waals surface area contributed by atoms with Gasteiger partial charge in [0.25, 0.3) is 0 Å². The molecule has 196 valence electrons. The number of nitrogen functional groups attached to an aromatic ring is 1. The van der Waals surface area contributed by atoms with Crippen LogP contribution in [0.3, 0.4) is 0 Å². The number of halogens is 2. The van der Waals surface area contributed by atoms with Crippen LogP contribution in [0.25, 0.3) is 0 Å². The van der Waals surface area contributed by atoms with Gasteiger partial charge in [0, 0.05) is 62.8 Å². The molecular formula is C25H31Cl2N8O2+. The number of aromatic nitrogens is 3. The van der Waals surface area contributed by atoms with Gasteiger partial charge >= 0.3 is 0 Å². The van der Waals surface area contributed by atoms with Crippen molar-refractivity contribution in [1.29, 1.82) is 0 Å². The van der Waals surface area contributed by atoms with E-state index in [1.54, 1.807) is 37.7 Å². The summed E-state index contributed by atoms with van der Waals surface area (Å²) in [6, 6.07) is 5.09. The van der Waals surface area contributed by atoms with E-state index in [0.29, 0.717) is 56.4 Å². The van der Waals surface area contributed by atoms with E-state index in [1.807, 2.05) is 0 Å². The number of nitrogens with two attached hydrogens (primary N) is 3. The SMILES string of the molecule is COCCN(C)C1(C)CN(c2ncc(C(=[NH2+])c3cc(O[C@H](N)c4c(Cl)cncc4Cl)ccc3N)cn2)C1. The second-order valence-electron chi connectivity index (χ2n) is 9.26. The van der Waals surface area contributed by atoms with Crippen molar-refractivity contribution in [3.63, 3.8) is 0 Å². The molecule has 12 heteroatoms. The van der Waals surface area contributed by atoms with Gasteiger partial charge in [-0.3, -0.25) is 21.0 Å². The van der Waals surface area contributed by atoms with E-state index in [4.69, 9.17) is 49.6 Å². The molecule has 0 aliphatic carbocycles. The molecule has 6 N–H and O–H groups in total. The third-order valence-corrected chi connectivity index (χ3v) is 7.20. The summed E-state index contributed by atoms with van der Waals surface area (Å²) in [4.78, 5) is 17.4. The quantitative estimate of drug-likeness (QED) is 0.196. The van der Waals surface area contributed by atoms with Crippen LogP contribution >= 0.6 is 23.2 Å². The van der Waals surface area contributed by atoms with Gasteiger partial charge in [-0.2, -0.15) is 0 Å². The predicted molar refractivity (Wildman–Crippen MR) is 145 cm³/mol. The zero-order valence-electron chi connectivity index (χ0n) is 21.0. The fourth-order valence-corrected chi connectivity index (χ4v) is 4.76. The normalized spacial score (nSPS) is 15.4. The van der Waals surface area contributed by atoms with Gasteiger partial charge in [-0.25, -0.2) is 9.97 Å². The highest BCUT2D eigenvalue weighted by molar-refractivity contribution is 6.35. The van der Waals surface area contributed by atoms with E-state index in [-0.39, 0.29) is 5.54 Å². The van der Waals surface area contributed by atoms with Gasteiger partial charge in [-0.1, -0.05) is 23.2 Å². The molecule has 0 unspecified atom stereocenters. The molecule has 3 heterocycles. The first kappa shape index (κ1) is 27.0. The monoisotopic (exact) mass is 545 g/mol. The third-order valence-electron chi connectivity index (χ3n) is 6.60. The molecule has 1 atom stereocenters. The Labute approximate surface area is 226 Å². The van der Waals surface area contributed by atoms with Crippen molar-refractivity contribution in [2.45, 2.75) is 18.7 Å². The van der Waals surface area contributed by atoms with Gasteiger partial charge in [0.15, 0.2) is 6.23 Å². The Hall–Kier alpha value is -3.02. The van der Waals surface area contributed by atoms with E-state index in [9.17, 15) is 0 Å². The fourth-order valence-electron chi connectivity index (χ4n) is 4.18. The second-order valence-corrected chi connectivity index (χ2v) is 10.1. The lowest BCUT2D eigenvalue weighted by atomic mass is 9.91. The second kappa shape index (κ2) is 11.2. The van der Waals surface area contributed by atoms with Crippen LogP contribution in [0.15, 0.2) is 43.0 Å². The van der Waals surface area contributed by atoms with Crippen molar-refractivity contribution in [1.82, 2.24) is 19.9 Å². The molecule has 0 bridgehead atoms. The zero-order chi connectivity index (χ0) is 26.7. The lowest BCUT2D eigenvalue weighted by Crippen LogP contribution is -2.68. The average molecular weight is 546 g/mol. The molecule has 1 saturated heterocycles. The van der Waals surface area contributed by atoms with E-state index in [2.05, 4.69) is 38.7 Å². The lowest BCUT2D eigenvalue weighted by molar-refractivity contribution is -0.111. The van der Waals surface area contributed by atoms with Crippen molar-refractivity contribution in [2.24, 2.45) is 5.73 Å². The number of benzene rings is 1. The van der Waals surface area contributed by atoms with Gasteiger partial charge in [0.1, 0.15) is 5.75 Å². The van der Waals surface area contributed by atoms with Crippen LogP contribution in [0.2, 0.25) is 10.0 Å². The van der Waals surface area contributed by atoms with Gasteiger partial charge in [-0.15, -0.1) is 0 Å². The molecular weight excluding hydrogens is 515 g/mol. The lowest BCUT2D eigenvalue weighted by Gasteiger charge is -2.52. The molecule has 10 nitrogen and oxygen atoms in total. The standard InChI is InChI=1S/C25H30Cl2N8O2/c1-25(34(2)6-7-36-3)13-35(14-25)24-32-9-15(10-33-24)22(29)17-8-16(4-5-20(17)28)37-23(30)21-18(26)11-31-12-19(21)27/h4-5,8-12,23,29H,6-7,13-14,28,30H2,1-3H3/p+1/t23-/m0/s1. The number of rotatable bonds is 10. The maximum absolute atomic E-state index is 6.47. The average Bonchev–Trinajstić information content (AvgIpc) is 2.86. The van der Waals surface area contributed by atoms with Crippen molar-refractivity contribution >= 4 is 40.5 Å². The molecule has 1 fully saturated rings. The molecule has 4 rings (SSSR count). The number of nitrogens with zero attached hydrogens (tertiary/aromatic N) is 5. The summed E-state index contributed by atoms with van der Waals surface area (Å²) in [6.07, 6.45) is 5.37. The van der Waals surface area contributed by atoms with Gasteiger partial charge in [-0.05, 0) is 32.2 Å².